The Morgan fingerprint density at radius 2 is 1.89 bits per heavy atom. The van der Waals surface area contributed by atoms with E-state index in [1.807, 2.05) is 6.07 Å². The topological polar surface area (TPSA) is 78.7 Å². The number of guanidine groups is 1. The van der Waals surface area contributed by atoms with Crippen LogP contribution in [0.25, 0.3) is 0 Å². The molecule has 0 aliphatic carbocycles. The SMILES string of the molecule is CCCCNC(=NCc1ccc(C)cc1)NCC(=O)NCc1ccco1.I. The second-order valence-corrected chi connectivity index (χ2v) is 6.14. The molecular formula is C20H29IN4O2. The molecule has 1 aromatic heterocycles. The van der Waals surface area contributed by atoms with Gasteiger partial charge in [0.15, 0.2) is 5.96 Å². The molecule has 0 saturated carbocycles. The standard InChI is InChI=1S/C20H28N4O2.HI/c1-3-4-11-21-20(23-13-17-9-7-16(2)8-10-17)24-15-19(25)22-14-18-6-5-12-26-18;/h5-10,12H,3-4,11,13-15H2,1-2H3,(H,22,25)(H2,21,23,24);1H. The highest BCUT2D eigenvalue weighted by atomic mass is 127. The lowest BCUT2D eigenvalue weighted by Gasteiger charge is -2.12. The van der Waals surface area contributed by atoms with Gasteiger partial charge in [-0.2, -0.15) is 0 Å². The summed E-state index contributed by atoms with van der Waals surface area (Å²) in [7, 11) is 0. The predicted molar refractivity (Wildman–Crippen MR) is 119 cm³/mol. The Bertz CT molecular complexity index is 685. The molecule has 3 N–H and O–H groups in total. The van der Waals surface area contributed by atoms with Crippen molar-refractivity contribution in [3.63, 3.8) is 0 Å². The molecule has 27 heavy (non-hydrogen) atoms. The Labute approximate surface area is 178 Å². The summed E-state index contributed by atoms with van der Waals surface area (Å²) in [6.45, 7) is 6.13. The van der Waals surface area contributed by atoms with Crippen molar-refractivity contribution in [3.05, 3.63) is 59.5 Å². The maximum atomic E-state index is 12.0. The highest BCUT2D eigenvalue weighted by Crippen LogP contribution is 2.04. The van der Waals surface area contributed by atoms with Gasteiger partial charge in [-0.25, -0.2) is 4.99 Å². The summed E-state index contributed by atoms with van der Waals surface area (Å²) in [5.41, 5.74) is 2.36. The van der Waals surface area contributed by atoms with Crippen molar-refractivity contribution in [2.24, 2.45) is 4.99 Å². The van der Waals surface area contributed by atoms with Gasteiger partial charge in [0.2, 0.25) is 5.91 Å². The first-order chi connectivity index (χ1) is 12.7. The smallest absolute Gasteiger partial charge is 0.239 e. The second kappa shape index (κ2) is 13.2. The lowest BCUT2D eigenvalue weighted by Crippen LogP contribution is -2.43. The van der Waals surface area contributed by atoms with E-state index in [4.69, 9.17) is 4.42 Å². The normalized spacial score (nSPS) is 10.8. The van der Waals surface area contributed by atoms with Crippen molar-refractivity contribution in [1.82, 2.24) is 16.0 Å². The van der Waals surface area contributed by atoms with Crippen LogP contribution >= 0.6 is 24.0 Å². The summed E-state index contributed by atoms with van der Waals surface area (Å²) < 4.78 is 5.20. The van der Waals surface area contributed by atoms with Crippen LogP contribution in [-0.4, -0.2) is 25.0 Å². The zero-order valence-electron chi connectivity index (χ0n) is 16.0. The number of unbranched alkanes of at least 4 members (excludes halogenated alkanes) is 1. The van der Waals surface area contributed by atoms with Gasteiger partial charge in [-0.3, -0.25) is 4.79 Å². The summed E-state index contributed by atoms with van der Waals surface area (Å²) in [4.78, 5) is 16.6. The third-order valence-electron chi connectivity index (χ3n) is 3.82. The van der Waals surface area contributed by atoms with E-state index in [9.17, 15) is 4.79 Å². The summed E-state index contributed by atoms with van der Waals surface area (Å²) in [5.74, 6) is 1.27. The van der Waals surface area contributed by atoms with E-state index >= 15 is 0 Å². The number of nitrogens with one attached hydrogen (secondary N) is 3. The van der Waals surface area contributed by atoms with Crippen LogP contribution in [0.2, 0.25) is 0 Å². The zero-order chi connectivity index (χ0) is 18.6. The number of carbonyl (C=O) groups is 1. The molecule has 0 saturated heterocycles. The monoisotopic (exact) mass is 484 g/mol. The van der Waals surface area contributed by atoms with Gasteiger partial charge in [0, 0.05) is 6.54 Å². The molecule has 0 unspecified atom stereocenters. The number of amides is 1. The fraction of sp³-hybridized carbons (Fsp3) is 0.400. The first kappa shape index (κ1) is 23.0. The van der Waals surface area contributed by atoms with Crippen LogP contribution in [-0.2, 0) is 17.9 Å². The summed E-state index contributed by atoms with van der Waals surface area (Å²) in [6.07, 6.45) is 3.74. The van der Waals surface area contributed by atoms with E-state index in [0.717, 1.165) is 30.7 Å². The summed E-state index contributed by atoms with van der Waals surface area (Å²) in [6, 6.07) is 11.9. The van der Waals surface area contributed by atoms with Crippen molar-refractivity contribution >= 4 is 35.8 Å². The quantitative estimate of drug-likeness (QED) is 0.221. The Morgan fingerprint density at radius 1 is 1.11 bits per heavy atom. The lowest BCUT2D eigenvalue weighted by atomic mass is 10.1. The van der Waals surface area contributed by atoms with Gasteiger partial charge in [0.1, 0.15) is 5.76 Å². The van der Waals surface area contributed by atoms with Gasteiger partial charge in [-0.1, -0.05) is 43.2 Å². The maximum Gasteiger partial charge on any atom is 0.239 e. The summed E-state index contributed by atoms with van der Waals surface area (Å²) >= 11 is 0. The number of aliphatic imine (C=N–C) groups is 1. The van der Waals surface area contributed by atoms with Crippen molar-refractivity contribution in [3.8, 4) is 0 Å². The van der Waals surface area contributed by atoms with E-state index in [0.29, 0.717) is 19.0 Å². The first-order valence-corrected chi connectivity index (χ1v) is 9.04. The Hall–Kier alpha value is -2.03. The van der Waals surface area contributed by atoms with Crippen LogP contribution in [0.3, 0.4) is 0 Å². The number of nitrogens with zero attached hydrogens (tertiary/aromatic N) is 1. The van der Waals surface area contributed by atoms with Crippen LogP contribution in [0, 0.1) is 6.92 Å². The van der Waals surface area contributed by atoms with Crippen molar-refractivity contribution < 1.29 is 9.21 Å². The average molecular weight is 484 g/mol. The number of aryl methyl sites for hydroxylation is 1. The van der Waals surface area contributed by atoms with Crippen LogP contribution in [0.15, 0.2) is 52.1 Å². The van der Waals surface area contributed by atoms with Gasteiger partial charge in [0.25, 0.3) is 0 Å². The van der Waals surface area contributed by atoms with E-state index in [-0.39, 0.29) is 36.4 Å². The molecule has 0 fully saturated rings. The minimum Gasteiger partial charge on any atom is -0.467 e. The van der Waals surface area contributed by atoms with E-state index in [1.54, 1.807) is 12.3 Å². The van der Waals surface area contributed by atoms with E-state index in [2.05, 4.69) is 59.1 Å². The Morgan fingerprint density at radius 3 is 2.56 bits per heavy atom. The molecule has 0 spiro atoms. The second-order valence-electron chi connectivity index (χ2n) is 6.14. The highest BCUT2D eigenvalue weighted by molar-refractivity contribution is 14.0. The van der Waals surface area contributed by atoms with E-state index in [1.165, 1.54) is 5.56 Å². The molecule has 6 nitrogen and oxygen atoms in total. The van der Waals surface area contributed by atoms with Gasteiger partial charge in [0.05, 0.1) is 25.9 Å². The minimum atomic E-state index is -0.110. The minimum absolute atomic E-state index is 0. The third-order valence-corrected chi connectivity index (χ3v) is 3.82. The van der Waals surface area contributed by atoms with Gasteiger partial charge in [-0.15, -0.1) is 24.0 Å². The third kappa shape index (κ3) is 9.46. The molecule has 7 heteroatoms. The first-order valence-electron chi connectivity index (χ1n) is 9.04. The number of furan rings is 1. The number of carbonyl (C=O) groups excluding carboxylic acids is 1. The van der Waals surface area contributed by atoms with E-state index < -0.39 is 0 Å². The molecule has 0 atom stereocenters. The predicted octanol–water partition coefficient (Wildman–Crippen LogP) is 3.36. The van der Waals surface area contributed by atoms with Crippen LogP contribution in [0.4, 0.5) is 0 Å². The van der Waals surface area contributed by atoms with Gasteiger partial charge < -0.3 is 20.4 Å². The molecule has 2 aromatic rings. The number of rotatable bonds is 9. The molecule has 1 aromatic carbocycles. The molecular weight excluding hydrogens is 455 g/mol. The average Bonchev–Trinajstić information content (AvgIpc) is 3.17. The molecule has 0 radical (unpaired) electrons. The molecule has 0 bridgehead atoms. The number of hydrogen-bond acceptors (Lipinski definition) is 3. The number of benzene rings is 1. The zero-order valence-corrected chi connectivity index (χ0v) is 18.3. The molecule has 1 heterocycles. The van der Waals surface area contributed by atoms with Crippen molar-refractivity contribution in [1.29, 1.82) is 0 Å². The van der Waals surface area contributed by atoms with Crippen molar-refractivity contribution in [2.75, 3.05) is 13.1 Å². The Kier molecular flexibility index (Phi) is 11.2. The largest absolute Gasteiger partial charge is 0.467 e. The van der Waals surface area contributed by atoms with Gasteiger partial charge in [-0.05, 0) is 31.0 Å². The molecule has 0 aliphatic heterocycles. The summed E-state index contributed by atoms with van der Waals surface area (Å²) in [5, 5.41) is 9.16. The van der Waals surface area contributed by atoms with Crippen LogP contribution < -0.4 is 16.0 Å². The molecule has 0 aliphatic rings. The highest BCUT2D eigenvalue weighted by Gasteiger charge is 2.05. The molecule has 2 rings (SSSR count). The maximum absolute atomic E-state index is 12.0. The number of halogens is 1. The fourth-order valence-electron chi connectivity index (χ4n) is 2.25. The molecule has 1 amide bonds. The number of hydrogen-bond donors (Lipinski definition) is 3. The fourth-order valence-corrected chi connectivity index (χ4v) is 2.25. The van der Waals surface area contributed by atoms with Crippen molar-refractivity contribution in [2.45, 2.75) is 39.8 Å². The Balaban J connectivity index is 0.00000364. The molecule has 148 valence electrons. The van der Waals surface area contributed by atoms with Crippen LogP contribution in [0.1, 0.15) is 36.7 Å². The van der Waals surface area contributed by atoms with Gasteiger partial charge >= 0.3 is 0 Å². The lowest BCUT2D eigenvalue weighted by molar-refractivity contribution is -0.120. The van der Waals surface area contributed by atoms with Crippen LogP contribution in [0.5, 0.6) is 0 Å².